The van der Waals surface area contributed by atoms with Crippen LogP contribution in [0.25, 0.3) is 0 Å². The van der Waals surface area contributed by atoms with E-state index in [1.807, 2.05) is 6.07 Å². The maximum atomic E-state index is 12.2. The van der Waals surface area contributed by atoms with Gasteiger partial charge in [-0.05, 0) is 34.5 Å². The molecule has 24 heavy (non-hydrogen) atoms. The first-order valence-electron chi connectivity index (χ1n) is 7.46. The number of anilines is 1. The number of ether oxygens (including phenoxy) is 2. The molecule has 1 aliphatic rings. The summed E-state index contributed by atoms with van der Waals surface area (Å²) in [6.07, 6.45) is 5.46. The Morgan fingerprint density at radius 2 is 2.25 bits per heavy atom. The molecule has 1 saturated heterocycles. The van der Waals surface area contributed by atoms with Crippen molar-refractivity contribution >= 4 is 27.6 Å². The third kappa shape index (κ3) is 3.82. The minimum Gasteiger partial charge on any atom is -0.481 e. The number of pyridine rings is 2. The van der Waals surface area contributed by atoms with Crippen molar-refractivity contribution in [2.24, 2.45) is 0 Å². The zero-order valence-corrected chi connectivity index (χ0v) is 14.6. The standard InChI is InChI=1S/C16H17BrN4O3/c1-23-14-3-2-10(8-19-14)15-13(5-7-24-15)21-16(22)20-12-4-6-18-9-11(12)17/h2-4,6,8-9,13,15H,5,7H2,1H3,(H2,18,20,21,22)/t13-,15+/m1/s1. The number of hydrogen-bond donors (Lipinski definition) is 2. The lowest BCUT2D eigenvalue weighted by Crippen LogP contribution is -2.39. The van der Waals surface area contributed by atoms with Gasteiger partial charge in [0.05, 0.1) is 23.3 Å². The summed E-state index contributed by atoms with van der Waals surface area (Å²) in [5, 5.41) is 5.76. The Morgan fingerprint density at radius 3 is 2.96 bits per heavy atom. The van der Waals surface area contributed by atoms with Gasteiger partial charge in [-0.25, -0.2) is 9.78 Å². The quantitative estimate of drug-likeness (QED) is 0.835. The van der Waals surface area contributed by atoms with Crippen LogP contribution in [0.3, 0.4) is 0 Å². The molecule has 1 fully saturated rings. The lowest BCUT2D eigenvalue weighted by Gasteiger charge is -2.20. The smallest absolute Gasteiger partial charge is 0.319 e. The van der Waals surface area contributed by atoms with Gasteiger partial charge in [0, 0.05) is 36.8 Å². The molecule has 3 rings (SSSR count). The van der Waals surface area contributed by atoms with Gasteiger partial charge in [-0.15, -0.1) is 0 Å². The highest BCUT2D eigenvalue weighted by Gasteiger charge is 2.31. The van der Waals surface area contributed by atoms with Gasteiger partial charge in [-0.3, -0.25) is 4.98 Å². The maximum absolute atomic E-state index is 12.2. The Balaban J connectivity index is 1.65. The van der Waals surface area contributed by atoms with Crippen LogP contribution < -0.4 is 15.4 Å². The molecule has 0 spiro atoms. The number of amides is 2. The molecule has 2 amide bonds. The number of rotatable bonds is 4. The van der Waals surface area contributed by atoms with Crippen molar-refractivity contribution in [3.05, 3.63) is 46.8 Å². The molecule has 0 radical (unpaired) electrons. The van der Waals surface area contributed by atoms with Gasteiger partial charge in [-0.1, -0.05) is 0 Å². The molecule has 126 valence electrons. The van der Waals surface area contributed by atoms with Crippen LogP contribution in [0.4, 0.5) is 10.5 Å². The topological polar surface area (TPSA) is 85.4 Å². The molecule has 1 aliphatic heterocycles. The number of aromatic nitrogens is 2. The van der Waals surface area contributed by atoms with Gasteiger partial charge in [0.25, 0.3) is 0 Å². The summed E-state index contributed by atoms with van der Waals surface area (Å²) in [5.74, 6) is 0.543. The lowest BCUT2D eigenvalue weighted by atomic mass is 10.0. The van der Waals surface area contributed by atoms with Crippen LogP contribution in [0.1, 0.15) is 18.1 Å². The van der Waals surface area contributed by atoms with Crippen LogP contribution in [0.5, 0.6) is 5.88 Å². The second kappa shape index (κ2) is 7.59. The fourth-order valence-electron chi connectivity index (χ4n) is 2.55. The minimum absolute atomic E-state index is 0.124. The molecule has 0 unspecified atom stereocenters. The third-order valence-electron chi connectivity index (χ3n) is 3.73. The van der Waals surface area contributed by atoms with Gasteiger partial charge in [0.15, 0.2) is 0 Å². The van der Waals surface area contributed by atoms with Crippen molar-refractivity contribution in [2.45, 2.75) is 18.6 Å². The summed E-state index contributed by atoms with van der Waals surface area (Å²) < 4.78 is 11.5. The van der Waals surface area contributed by atoms with Crippen molar-refractivity contribution in [1.82, 2.24) is 15.3 Å². The largest absolute Gasteiger partial charge is 0.481 e. The molecule has 0 bridgehead atoms. The molecule has 7 nitrogen and oxygen atoms in total. The van der Waals surface area contributed by atoms with Crippen molar-refractivity contribution < 1.29 is 14.3 Å². The molecule has 2 N–H and O–H groups in total. The molecule has 2 atom stereocenters. The fourth-order valence-corrected chi connectivity index (χ4v) is 2.90. The van der Waals surface area contributed by atoms with E-state index in [-0.39, 0.29) is 18.2 Å². The summed E-state index contributed by atoms with van der Waals surface area (Å²) in [4.78, 5) is 20.4. The first kappa shape index (κ1) is 16.7. The number of nitrogens with one attached hydrogen (secondary N) is 2. The SMILES string of the molecule is COc1ccc([C@@H]2OCC[C@H]2NC(=O)Nc2ccncc2Br)cn1. The number of carbonyl (C=O) groups excluding carboxylic acids is 1. The Labute approximate surface area is 147 Å². The van der Waals surface area contributed by atoms with Crippen LogP contribution in [0.2, 0.25) is 0 Å². The van der Waals surface area contributed by atoms with E-state index in [9.17, 15) is 4.79 Å². The average Bonchev–Trinajstić information content (AvgIpc) is 3.05. The number of halogens is 1. The van der Waals surface area contributed by atoms with E-state index in [0.717, 1.165) is 16.5 Å². The Kier molecular flexibility index (Phi) is 5.27. The van der Waals surface area contributed by atoms with E-state index < -0.39 is 0 Å². The summed E-state index contributed by atoms with van der Waals surface area (Å²) in [6.45, 7) is 0.584. The summed E-state index contributed by atoms with van der Waals surface area (Å²) in [7, 11) is 1.57. The molecule has 3 heterocycles. The predicted octanol–water partition coefficient (Wildman–Crippen LogP) is 2.90. The molecule has 0 saturated carbocycles. The highest BCUT2D eigenvalue weighted by molar-refractivity contribution is 9.10. The zero-order chi connectivity index (χ0) is 16.9. The van der Waals surface area contributed by atoms with Gasteiger partial charge in [-0.2, -0.15) is 0 Å². The number of hydrogen-bond acceptors (Lipinski definition) is 5. The van der Waals surface area contributed by atoms with Crippen LogP contribution >= 0.6 is 15.9 Å². The van der Waals surface area contributed by atoms with Crippen LogP contribution in [0, 0.1) is 0 Å². The van der Waals surface area contributed by atoms with Crippen LogP contribution in [-0.4, -0.2) is 35.8 Å². The van der Waals surface area contributed by atoms with Crippen molar-refractivity contribution in [3.63, 3.8) is 0 Å². The zero-order valence-electron chi connectivity index (χ0n) is 13.0. The predicted molar refractivity (Wildman–Crippen MR) is 92.0 cm³/mol. The molecule has 8 heteroatoms. The summed E-state index contributed by atoms with van der Waals surface area (Å²) in [6, 6.07) is 4.99. The van der Waals surface area contributed by atoms with E-state index in [2.05, 4.69) is 36.5 Å². The summed E-state index contributed by atoms with van der Waals surface area (Å²) >= 11 is 3.35. The van der Waals surface area contributed by atoms with Gasteiger partial charge in [0.2, 0.25) is 5.88 Å². The normalized spacial score (nSPS) is 19.8. The molecule has 2 aromatic rings. The summed E-state index contributed by atoms with van der Waals surface area (Å²) in [5.41, 5.74) is 1.56. The number of nitrogens with zero attached hydrogens (tertiary/aromatic N) is 2. The van der Waals surface area contributed by atoms with E-state index in [4.69, 9.17) is 9.47 Å². The van der Waals surface area contributed by atoms with E-state index in [0.29, 0.717) is 18.2 Å². The second-order valence-corrected chi connectivity index (χ2v) is 6.13. The molecule has 2 aromatic heterocycles. The van der Waals surface area contributed by atoms with Crippen LogP contribution in [-0.2, 0) is 4.74 Å². The molecule has 0 aliphatic carbocycles. The first-order valence-corrected chi connectivity index (χ1v) is 8.25. The third-order valence-corrected chi connectivity index (χ3v) is 4.36. The second-order valence-electron chi connectivity index (χ2n) is 5.27. The monoisotopic (exact) mass is 392 g/mol. The van der Waals surface area contributed by atoms with Crippen molar-refractivity contribution in [1.29, 1.82) is 0 Å². The highest BCUT2D eigenvalue weighted by atomic mass is 79.9. The Bertz CT molecular complexity index is 711. The van der Waals surface area contributed by atoms with E-state index in [1.165, 1.54) is 0 Å². The van der Waals surface area contributed by atoms with E-state index in [1.54, 1.807) is 37.8 Å². The molecular formula is C16H17BrN4O3. The average molecular weight is 393 g/mol. The van der Waals surface area contributed by atoms with Gasteiger partial charge >= 0.3 is 6.03 Å². The fraction of sp³-hybridized carbons (Fsp3) is 0.312. The van der Waals surface area contributed by atoms with E-state index >= 15 is 0 Å². The first-order chi connectivity index (χ1) is 11.7. The maximum Gasteiger partial charge on any atom is 0.319 e. The highest BCUT2D eigenvalue weighted by Crippen LogP contribution is 2.29. The molecular weight excluding hydrogens is 376 g/mol. The van der Waals surface area contributed by atoms with Crippen molar-refractivity contribution in [2.75, 3.05) is 19.0 Å². The van der Waals surface area contributed by atoms with Crippen molar-refractivity contribution in [3.8, 4) is 5.88 Å². The van der Waals surface area contributed by atoms with Gasteiger partial charge < -0.3 is 20.1 Å². The Morgan fingerprint density at radius 1 is 1.38 bits per heavy atom. The lowest BCUT2D eigenvalue weighted by molar-refractivity contribution is 0.100. The number of carbonyl (C=O) groups is 1. The van der Waals surface area contributed by atoms with Crippen LogP contribution in [0.15, 0.2) is 41.3 Å². The number of methoxy groups -OCH3 is 1. The number of urea groups is 1. The molecule has 0 aromatic carbocycles. The van der Waals surface area contributed by atoms with Gasteiger partial charge in [0.1, 0.15) is 6.10 Å². The Hall–Kier alpha value is -2.19. The minimum atomic E-state index is -0.288.